The molecule has 1 aliphatic carbocycles. The van der Waals surface area contributed by atoms with E-state index in [2.05, 4.69) is 45.5 Å². The molecule has 1 N–H and O–H groups in total. The molecule has 16 heavy (non-hydrogen) atoms. The van der Waals surface area contributed by atoms with E-state index in [-0.39, 0.29) is 0 Å². The highest BCUT2D eigenvalue weighted by molar-refractivity contribution is 9.10. The van der Waals surface area contributed by atoms with Crippen molar-refractivity contribution in [1.29, 1.82) is 0 Å². The third-order valence-electron chi connectivity index (χ3n) is 3.20. The van der Waals surface area contributed by atoms with Crippen LogP contribution in [-0.4, -0.2) is 26.3 Å². The van der Waals surface area contributed by atoms with Gasteiger partial charge in [-0.2, -0.15) is 0 Å². The largest absolute Gasteiger partial charge is 0.383 e. The van der Waals surface area contributed by atoms with E-state index in [4.69, 9.17) is 4.74 Å². The SMILES string of the molecule is COCCNC1CC(c2cccc(Br)c2)C1. The second-order valence-corrected chi connectivity index (χ2v) is 5.28. The third-order valence-corrected chi connectivity index (χ3v) is 3.69. The van der Waals surface area contributed by atoms with Gasteiger partial charge in [-0.1, -0.05) is 28.1 Å². The summed E-state index contributed by atoms with van der Waals surface area (Å²) < 4.78 is 6.20. The van der Waals surface area contributed by atoms with Crippen LogP contribution in [0.3, 0.4) is 0 Å². The number of halogens is 1. The first kappa shape index (κ1) is 12.1. The van der Waals surface area contributed by atoms with Gasteiger partial charge < -0.3 is 10.1 Å². The van der Waals surface area contributed by atoms with Crippen LogP contribution in [0.1, 0.15) is 24.3 Å². The van der Waals surface area contributed by atoms with Gasteiger partial charge in [0.1, 0.15) is 0 Å². The average molecular weight is 284 g/mol. The van der Waals surface area contributed by atoms with Crippen molar-refractivity contribution in [1.82, 2.24) is 5.32 Å². The maximum absolute atomic E-state index is 5.02. The maximum atomic E-state index is 5.02. The lowest BCUT2D eigenvalue weighted by molar-refractivity contribution is 0.184. The molecule has 1 fully saturated rings. The van der Waals surface area contributed by atoms with E-state index >= 15 is 0 Å². The van der Waals surface area contributed by atoms with Crippen molar-refractivity contribution in [3.05, 3.63) is 34.3 Å². The Hall–Kier alpha value is -0.380. The van der Waals surface area contributed by atoms with Gasteiger partial charge >= 0.3 is 0 Å². The van der Waals surface area contributed by atoms with E-state index in [1.54, 1.807) is 7.11 Å². The summed E-state index contributed by atoms with van der Waals surface area (Å²) in [5.41, 5.74) is 1.46. The first-order valence-electron chi connectivity index (χ1n) is 5.77. The molecule has 1 aromatic carbocycles. The van der Waals surface area contributed by atoms with Crippen LogP contribution in [0.25, 0.3) is 0 Å². The van der Waals surface area contributed by atoms with E-state index in [9.17, 15) is 0 Å². The van der Waals surface area contributed by atoms with Crippen molar-refractivity contribution in [2.75, 3.05) is 20.3 Å². The number of hydrogen-bond donors (Lipinski definition) is 1. The molecule has 0 heterocycles. The number of rotatable bonds is 5. The third kappa shape index (κ3) is 3.06. The maximum Gasteiger partial charge on any atom is 0.0587 e. The average Bonchev–Trinajstić information content (AvgIpc) is 2.21. The second kappa shape index (κ2) is 5.80. The van der Waals surface area contributed by atoms with Crippen LogP contribution < -0.4 is 5.32 Å². The standard InChI is InChI=1S/C13H18BrNO/c1-16-6-5-15-13-8-11(9-13)10-3-2-4-12(14)7-10/h2-4,7,11,13,15H,5-6,8-9H2,1H3. The molecule has 1 saturated carbocycles. The van der Waals surface area contributed by atoms with Gasteiger partial charge in [0.05, 0.1) is 6.61 Å². The summed E-state index contributed by atoms with van der Waals surface area (Å²) in [6.07, 6.45) is 2.50. The van der Waals surface area contributed by atoms with Gasteiger partial charge in [0.25, 0.3) is 0 Å². The number of ether oxygens (including phenoxy) is 1. The zero-order valence-corrected chi connectivity index (χ0v) is 11.2. The summed E-state index contributed by atoms with van der Waals surface area (Å²) in [7, 11) is 1.74. The normalized spacial score (nSPS) is 24.1. The predicted molar refractivity (Wildman–Crippen MR) is 69.8 cm³/mol. The van der Waals surface area contributed by atoms with Crippen molar-refractivity contribution in [2.24, 2.45) is 0 Å². The summed E-state index contributed by atoms with van der Waals surface area (Å²) in [5.74, 6) is 0.734. The molecule has 2 rings (SSSR count). The fourth-order valence-electron chi connectivity index (χ4n) is 2.18. The Bertz CT molecular complexity index is 336. The molecule has 1 aromatic rings. The molecule has 2 nitrogen and oxygen atoms in total. The van der Waals surface area contributed by atoms with Gasteiger partial charge in [-0.3, -0.25) is 0 Å². The van der Waals surface area contributed by atoms with E-state index in [1.807, 2.05) is 0 Å². The van der Waals surface area contributed by atoms with Crippen molar-refractivity contribution in [2.45, 2.75) is 24.8 Å². The lowest BCUT2D eigenvalue weighted by Gasteiger charge is -2.36. The minimum atomic E-state index is 0.680. The molecule has 0 unspecified atom stereocenters. The van der Waals surface area contributed by atoms with Gasteiger partial charge in [-0.25, -0.2) is 0 Å². The summed E-state index contributed by atoms with van der Waals surface area (Å²) in [6.45, 7) is 1.77. The Morgan fingerprint density at radius 1 is 1.44 bits per heavy atom. The molecule has 0 atom stereocenters. The van der Waals surface area contributed by atoms with Crippen LogP contribution in [-0.2, 0) is 4.74 Å². The molecule has 0 saturated heterocycles. The topological polar surface area (TPSA) is 21.3 Å². The van der Waals surface area contributed by atoms with Crippen LogP contribution in [0.5, 0.6) is 0 Å². The van der Waals surface area contributed by atoms with Gasteiger partial charge in [0.15, 0.2) is 0 Å². The zero-order valence-electron chi connectivity index (χ0n) is 9.58. The highest BCUT2D eigenvalue weighted by Gasteiger charge is 2.29. The van der Waals surface area contributed by atoms with Crippen LogP contribution in [0.15, 0.2) is 28.7 Å². The molecule has 0 amide bonds. The fraction of sp³-hybridized carbons (Fsp3) is 0.538. The predicted octanol–water partition coefficient (Wildman–Crippen LogP) is 2.93. The first-order valence-corrected chi connectivity index (χ1v) is 6.56. The Labute approximate surface area is 106 Å². The number of nitrogens with one attached hydrogen (secondary N) is 1. The van der Waals surface area contributed by atoms with Crippen molar-refractivity contribution >= 4 is 15.9 Å². The number of hydrogen-bond acceptors (Lipinski definition) is 2. The molecule has 0 aliphatic heterocycles. The van der Waals surface area contributed by atoms with E-state index in [1.165, 1.54) is 22.9 Å². The Morgan fingerprint density at radius 2 is 2.25 bits per heavy atom. The Balaban J connectivity index is 1.75. The quantitative estimate of drug-likeness (QED) is 0.839. The van der Waals surface area contributed by atoms with E-state index in [0.717, 1.165) is 19.1 Å². The highest BCUT2D eigenvalue weighted by Crippen LogP contribution is 2.37. The van der Waals surface area contributed by atoms with Crippen LogP contribution in [0.4, 0.5) is 0 Å². The molecule has 0 aromatic heterocycles. The number of benzene rings is 1. The molecular formula is C13H18BrNO. The van der Waals surface area contributed by atoms with E-state index in [0.29, 0.717) is 6.04 Å². The zero-order chi connectivity index (χ0) is 11.4. The van der Waals surface area contributed by atoms with E-state index < -0.39 is 0 Å². The second-order valence-electron chi connectivity index (χ2n) is 4.37. The van der Waals surface area contributed by atoms with Crippen molar-refractivity contribution < 1.29 is 4.74 Å². The lowest BCUT2D eigenvalue weighted by Crippen LogP contribution is -2.41. The first-order chi connectivity index (χ1) is 7.79. The van der Waals surface area contributed by atoms with Gasteiger partial charge in [0, 0.05) is 24.2 Å². The smallest absolute Gasteiger partial charge is 0.0587 e. The van der Waals surface area contributed by atoms with Crippen LogP contribution in [0.2, 0.25) is 0 Å². The van der Waals surface area contributed by atoms with Crippen molar-refractivity contribution in [3.63, 3.8) is 0 Å². The molecular weight excluding hydrogens is 266 g/mol. The molecule has 0 radical (unpaired) electrons. The Kier molecular flexibility index (Phi) is 4.38. The molecule has 3 heteroatoms. The van der Waals surface area contributed by atoms with Crippen LogP contribution in [0, 0.1) is 0 Å². The summed E-state index contributed by atoms with van der Waals surface area (Å²) in [5, 5.41) is 3.50. The monoisotopic (exact) mass is 283 g/mol. The molecule has 0 bridgehead atoms. The summed E-state index contributed by atoms with van der Waals surface area (Å²) in [6, 6.07) is 9.33. The molecule has 88 valence electrons. The fourth-order valence-corrected chi connectivity index (χ4v) is 2.60. The minimum Gasteiger partial charge on any atom is -0.383 e. The lowest BCUT2D eigenvalue weighted by atomic mass is 9.76. The van der Waals surface area contributed by atoms with Gasteiger partial charge in [-0.05, 0) is 36.5 Å². The van der Waals surface area contributed by atoms with Gasteiger partial charge in [0.2, 0.25) is 0 Å². The minimum absolute atomic E-state index is 0.680. The van der Waals surface area contributed by atoms with Crippen LogP contribution >= 0.6 is 15.9 Å². The Morgan fingerprint density at radius 3 is 2.94 bits per heavy atom. The highest BCUT2D eigenvalue weighted by atomic mass is 79.9. The summed E-state index contributed by atoms with van der Waals surface area (Å²) >= 11 is 3.52. The molecule has 1 aliphatic rings. The summed E-state index contributed by atoms with van der Waals surface area (Å²) in [4.78, 5) is 0. The number of methoxy groups -OCH3 is 1. The van der Waals surface area contributed by atoms with Gasteiger partial charge in [-0.15, -0.1) is 0 Å². The van der Waals surface area contributed by atoms with Crippen molar-refractivity contribution in [3.8, 4) is 0 Å². The molecule has 0 spiro atoms.